The summed E-state index contributed by atoms with van der Waals surface area (Å²) in [6.45, 7) is 16.6. The predicted octanol–water partition coefficient (Wildman–Crippen LogP) is 9.31. The van der Waals surface area contributed by atoms with Crippen molar-refractivity contribution in [1.29, 1.82) is 0 Å². The molecule has 0 aliphatic heterocycles. The molecule has 0 aliphatic carbocycles. The minimum absolute atomic E-state index is 0.0621. The Morgan fingerprint density at radius 1 is 0.727 bits per heavy atom. The van der Waals surface area contributed by atoms with Gasteiger partial charge in [-0.15, -0.1) is 0 Å². The van der Waals surface area contributed by atoms with Gasteiger partial charge in [-0.05, 0) is 41.7 Å². The molecule has 2 heterocycles. The quantitative estimate of drug-likeness (QED) is 0.244. The smallest absolute Gasteiger partial charge is 0.198 e. The van der Waals surface area contributed by atoms with Crippen molar-refractivity contribution < 1.29 is 8.83 Å². The fourth-order valence-corrected chi connectivity index (χ4v) is 5.18. The second kappa shape index (κ2) is 6.73. The highest BCUT2D eigenvalue weighted by molar-refractivity contribution is 6.14. The normalized spacial score (nSPS) is 12.2. The molecule has 33 heavy (non-hydrogen) atoms. The van der Waals surface area contributed by atoms with Gasteiger partial charge in [0.25, 0.3) is 0 Å². The molecule has 0 spiro atoms. The highest BCUT2D eigenvalue weighted by atomic mass is 16.3. The standard InChI is InChI=1S/C30H23NO2/c1-17-10-12-22-21-14-15-23(31-5)26(28(21)33-29(22)27(17)30(2,3)4)18-11-13-20-19-8-6-7-9-24(19)32-25(20)16-18/h6-16H,1-4H3. The van der Waals surface area contributed by atoms with Crippen LogP contribution in [0.2, 0.25) is 0 Å². The van der Waals surface area contributed by atoms with E-state index in [9.17, 15) is 0 Å². The minimum atomic E-state index is -0.0621. The average molecular weight is 430 g/mol. The molecule has 0 fully saturated rings. The zero-order valence-corrected chi connectivity index (χ0v) is 19.1. The lowest BCUT2D eigenvalue weighted by molar-refractivity contribution is 0.569. The van der Waals surface area contributed by atoms with E-state index in [0.717, 1.165) is 55.0 Å². The summed E-state index contributed by atoms with van der Waals surface area (Å²) in [4.78, 5) is 3.84. The van der Waals surface area contributed by atoms with Gasteiger partial charge in [0.1, 0.15) is 22.3 Å². The Kier molecular flexibility index (Phi) is 4.01. The summed E-state index contributed by atoms with van der Waals surface area (Å²) in [6.07, 6.45) is 0. The Hall–Kier alpha value is -4.03. The molecule has 0 saturated carbocycles. The van der Waals surface area contributed by atoms with Crippen molar-refractivity contribution in [3.05, 3.63) is 89.3 Å². The number of nitrogens with zero attached hydrogens (tertiary/aromatic N) is 1. The second-order valence-electron chi connectivity index (χ2n) is 9.74. The van der Waals surface area contributed by atoms with Crippen LogP contribution in [0.4, 0.5) is 5.69 Å². The molecule has 0 unspecified atom stereocenters. The first-order valence-corrected chi connectivity index (χ1v) is 11.2. The van der Waals surface area contributed by atoms with Crippen LogP contribution >= 0.6 is 0 Å². The van der Waals surface area contributed by atoms with E-state index in [2.05, 4.69) is 62.9 Å². The first-order valence-electron chi connectivity index (χ1n) is 11.2. The molecule has 0 saturated heterocycles. The molecule has 2 aromatic heterocycles. The number of hydrogen-bond donors (Lipinski definition) is 0. The fourth-order valence-electron chi connectivity index (χ4n) is 5.18. The Labute approximate surface area is 192 Å². The van der Waals surface area contributed by atoms with E-state index < -0.39 is 0 Å². The van der Waals surface area contributed by atoms with Crippen LogP contribution in [0.3, 0.4) is 0 Å². The zero-order valence-electron chi connectivity index (χ0n) is 19.1. The maximum atomic E-state index is 7.83. The van der Waals surface area contributed by atoms with Crippen molar-refractivity contribution in [3.8, 4) is 11.1 Å². The molecular weight excluding hydrogens is 406 g/mol. The third kappa shape index (κ3) is 2.81. The lowest BCUT2D eigenvalue weighted by Crippen LogP contribution is -2.13. The van der Waals surface area contributed by atoms with Gasteiger partial charge < -0.3 is 8.83 Å². The van der Waals surface area contributed by atoms with Crippen LogP contribution in [-0.2, 0) is 5.41 Å². The highest BCUT2D eigenvalue weighted by Gasteiger charge is 2.25. The van der Waals surface area contributed by atoms with E-state index in [4.69, 9.17) is 15.4 Å². The van der Waals surface area contributed by atoms with Crippen molar-refractivity contribution in [3.63, 3.8) is 0 Å². The molecule has 0 atom stereocenters. The van der Waals surface area contributed by atoms with Crippen LogP contribution in [0, 0.1) is 13.5 Å². The average Bonchev–Trinajstić information content (AvgIpc) is 3.34. The second-order valence-corrected chi connectivity index (χ2v) is 9.74. The van der Waals surface area contributed by atoms with Crippen molar-refractivity contribution >= 4 is 49.6 Å². The molecule has 0 amide bonds. The molecule has 6 aromatic rings. The number of hydrogen-bond acceptors (Lipinski definition) is 2. The van der Waals surface area contributed by atoms with Gasteiger partial charge in [0.2, 0.25) is 0 Å². The molecule has 160 valence electrons. The van der Waals surface area contributed by atoms with Crippen molar-refractivity contribution in [2.24, 2.45) is 0 Å². The molecule has 6 rings (SSSR count). The van der Waals surface area contributed by atoms with Gasteiger partial charge in [-0.3, -0.25) is 0 Å². The fraction of sp³-hybridized carbons (Fsp3) is 0.167. The Balaban J connectivity index is 1.71. The molecule has 0 aliphatic rings. The topological polar surface area (TPSA) is 30.6 Å². The van der Waals surface area contributed by atoms with Gasteiger partial charge in [0.15, 0.2) is 5.69 Å². The van der Waals surface area contributed by atoms with Gasteiger partial charge in [0.05, 0.1) is 6.57 Å². The largest absolute Gasteiger partial charge is 0.456 e. The van der Waals surface area contributed by atoms with Gasteiger partial charge in [-0.2, -0.15) is 0 Å². The van der Waals surface area contributed by atoms with E-state index in [1.807, 2.05) is 36.4 Å². The van der Waals surface area contributed by atoms with E-state index in [1.54, 1.807) is 0 Å². The van der Waals surface area contributed by atoms with Crippen LogP contribution in [0.25, 0.3) is 59.8 Å². The molecule has 0 radical (unpaired) electrons. The van der Waals surface area contributed by atoms with Crippen LogP contribution in [0.1, 0.15) is 31.9 Å². The SMILES string of the molecule is [C-]#[N+]c1ccc2c(oc3c(C(C)(C)C)c(C)ccc32)c1-c1ccc2c(c1)oc1ccccc12. The number of furan rings is 2. The summed E-state index contributed by atoms with van der Waals surface area (Å²) >= 11 is 0. The summed E-state index contributed by atoms with van der Waals surface area (Å²) in [5.74, 6) is 0. The van der Waals surface area contributed by atoms with Crippen LogP contribution < -0.4 is 0 Å². The maximum Gasteiger partial charge on any atom is 0.198 e. The number of fused-ring (bicyclic) bond motifs is 6. The lowest BCUT2D eigenvalue weighted by atomic mass is 9.83. The van der Waals surface area contributed by atoms with E-state index in [-0.39, 0.29) is 5.41 Å². The van der Waals surface area contributed by atoms with Gasteiger partial charge in [0, 0.05) is 32.7 Å². The highest BCUT2D eigenvalue weighted by Crippen LogP contribution is 2.45. The van der Waals surface area contributed by atoms with Crippen molar-refractivity contribution in [2.45, 2.75) is 33.1 Å². The van der Waals surface area contributed by atoms with Crippen LogP contribution in [0.5, 0.6) is 0 Å². The Morgan fingerprint density at radius 3 is 2.21 bits per heavy atom. The summed E-state index contributed by atoms with van der Waals surface area (Å²) < 4.78 is 12.7. The third-order valence-electron chi connectivity index (χ3n) is 6.53. The maximum absolute atomic E-state index is 7.83. The number of aryl methyl sites for hydroxylation is 1. The third-order valence-corrected chi connectivity index (χ3v) is 6.53. The summed E-state index contributed by atoms with van der Waals surface area (Å²) in [5.41, 5.74) is 8.01. The van der Waals surface area contributed by atoms with Gasteiger partial charge in [-0.1, -0.05) is 69.3 Å². The van der Waals surface area contributed by atoms with Gasteiger partial charge in [-0.25, -0.2) is 4.85 Å². The first-order chi connectivity index (χ1) is 15.9. The van der Waals surface area contributed by atoms with Gasteiger partial charge >= 0.3 is 0 Å². The molecular formula is C30H23NO2. The predicted molar refractivity (Wildman–Crippen MR) is 136 cm³/mol. The molecule has 0 N–H and O–H groups in total. The van der Waals surface area contributed by atoms with Crippen molar-refractivity contribution in [2.75, 3.05) is 0 Å². The summed E-state index contributed by atoms with van der Waals surface area (Å²) in [5, 5.41) is 4.28. The number of benzene rings is 4. The minimum Gasteiger partial charge on any atom is -0.456 e. The molecule has 3 heteroatoms. The number of rotatable bonds is 1. The Morgan fingerprint density at radius 2 is 1.42 bits per heavy atom. The lowest BCUT2D eigenvalue weighted by Gasteiger charge is -2.21. The van der Waals surface area contributed by atoms with Crippen LogP contribution in [-0.4, -0.2) is 0 Å². The first kappa shape index (κ1) is 19.6. The molecule has 3 nitrogen and oxygen atoms in total. The number of para-hydroxylation sites is 1. The van der Waals surface area contributed by atoms with Crippen molar-refractivity contribution in [1.82, 2.24) is 0 Å². The monoisotopic (exact) mass is 429 g/mol. The Bertz CT molecular complexity index is 1770. The summed E-state index contributed by atoms with van der Waals surface area (Å²) in [7, 11) is 0. The molecule has 0 bridgehead atoms. The van der Waals surface area contributed by atoms with E-state index in [0.29, 0.717) is 5.69 Å². The summed E-state index contributed by atoms with van der Waals surface area (Å²) in [6, 6.07) is 22.4. The van der Waals surface area contributed by atoms with Crippen LogP contribution in [0.15, 0.2) is 75.6 Å². The molecule has 4 aromatic carbocycles. The van der Waals surface area contributed by atoms with E-state index >= 15 is 0 Å². The van der Waals surface area contributed by atoms with E-state index in [1.165, 1.54) is 11.1 Å². The zero-order chi connectivity index (χ0) is 22.9.